The third-order valence-corrected chi connectivity index (χ3v) is 3.87. The van der Waals surface area contributed by atoms with Crippen LogP contribution in [0.3, 0.4) is 0 Å². The standard InChI is InChI=1S/C15H21N7O/c23-22-15-20-13(17-10-11-6-8-16-9-7-11)19-14(21-15)18-12-4-2-1-3-5-12/h6-9,12,23H,1-5,10H2,(H3,17,18,19,20,21,22). The fraction of sp³-hybridized carbons (Fsp3) is 0.467. The number of rotatable bonds is 6. The van der Waals surface area contributed by atoms with Crippen LogP contribution in [0.1, 0.15) is 37.7 Å². The number of aromatic nitrogens is 4. The largest absolute Gasteiger partial charge is 0.351 e. The molecule has 0 radical (unpaired) electrons. The van der Waals surface area contributed by atoms with Gasteiger partial charge in [0.15, 0.2) is 0 Å². The molecule has 0 aliphatic heterocycles. The zero-order chi connectivity index (χ0) is 15.9. The molecule has 2 heterocycles. The Morgan fingerprint density at radius 2 is 1.65 bits per heavy atom. The Morgan fingerprint density at radius 1 is 0.957 bits per heavy atom. The van der Waals surface area contributed by atoms with Gasteiger partial charge < -0.3 is 10.6 Å². The maximum atomic E-state index is 9.11. The van der Waals surface area contributed by atoms with Crippen LogP contribution in [0.4, 0.5) is 17.8 Å². The van der Waals surface area contributed by atoms with E-state index in [1.165, 1.54) is 19.3 Å². The van der Waals surface area contributed by atoms with Gasteiger partial charge in [-0.15, -0.1) is 0 Å². The van der Waals surface area contributed by atoms with Crippen LogP contribution in [-0.4, -0.2) is 31.2 Å². The van der Waals surface area contributed by atoms with Gasteiger partial charge in [0.1, 0.15) is 0 Å². The van der Waals surface area contributed by atoms with Crippen molar-refractivity contribution in [2.75, 3.05) is 16.1 Å². The SMILES string of the molecule is ONc1nc(NCc2ccncc2)nc(NC2CCCCC2)n1. The van der Waals surface area contributed by atoms with E-state index in [-0.39, 0.29) is 5.95 Å². The molecule has 8 heteroatoms. The van der Waals surface area contributed by atoms with Crippen molar-refractivity contribution < 1.29 is 5.21 Å². The van der Waals surface area contributed by atoms with Crippen LogP contribution in [0, 0.1) is 0 Å². The van der Waals surface area contributed by atoms with Crippen LogP contribution in [0.15, 0.2) is 24.5 Å². The molecule has 1 fully saturated rings. The van der Waals surface area contributed by atoms with E-state index in [2.05, 4.69) is 30.6 Å². The summed E-state index contributed by atoms with van der Waals surface area (Å²) in [5.41, 5.74) is 3.06. The van der Waals surface area contributed by atoms with Gasteiger partial charge >= 0.3 is 0 Å². The van der Waals surface area contributed by atoms with Crippen molar-refractivity contribution in [2.24, 2.45) is 0 Å². The van der Waals surface area contributed by atoms with Crippen LogP contribution in [-0.2, 0) is 6.54 Å². The van der Waals surface area contributed by atoms with Crippen LogP contribution in [0.2, 0.25) is 0 Å². The maximum Gasteiger partial charge on any atom is 0.253 e. The second kappa shape index (κ2) is 7.68. The zero-order valence-corrected chi connectivity index (χ0v) is 12.9. The van der Waals surface area contributed by atoms with E-state index in [0.717, 1.165) is 18.4 Å². The lowest BCUT2D eigenvalue weighted by molar-refractivity contribution is 0.382. The number of hydrogen-bond donors (Lipinski definition) is 4. The smallest absolute Gasteiger partial charge is 0.253 e. The van der Waals surface area contributed by atoms with Gasteiger partial charge in [-0.1, -0.05) is 19.3 Å². The fourth-order valence-electron chi connectivity index (χ4n) is 2.68. The van der Waals surface area contributed by atoms with Gasteiger partial charge in [-0.05, 0) is 30.5 Å². The Kier molecular flexibility index (Phi) is 5.15. The second-order valence-electron chi connectivity index (χ2n) is 5.61. The number of hydrogen-bond acceptors (Lipinski definition) is 8. The number of nitrogens with one attached hydrogen (secondary N) is 3. The van der Waals surface area contributed by atoms with Gasteiger partial charge in [-0.2, -0.15) is 15.0 Å². The van der Waals surface area contributed by atoms with Gasteiger partial charge in [0.25, 0.3) is 5.95 Å². The third kappa shape index (κ3) is 4.49. The molecule has 3 rings (SSSR count). The molecule has 0 aromatic carbocycles. The van der Waals surface area contributed by atoms with Crippen LogP contribution in [0.25, 0.3) is 0 Å². The monoisotopic (exact) mass is 315 g/mol. The highest BCUT2D eigenvalue weighted by Crippen LogP contribution is 2.21. The van der Waals surface area contributed by atoms with E-state index in [0.29, 0.717) is 24.5 Å². The lowest BCUT2D eigenvalue weighted by Crippen LogP contribution is -2.24. The first-order chi connectivity index (χ1) is 11.3. The molecule has 0 saturated heterocycles. The van der Waals surface area contributed by atoms with E-state index in [9.17, 15) is 0 Å². The van der Waals surface area contributed by atoms with E-state index in [4.69, 9.17) is 5.21 Å². The minimum Gasteiger partial charge on any atom is -0.351 e. The Balaban J connectivity index is 1.68. The molecule has 23 heavy (non-hydrogen) atoms. The minimum absolute atomic E-state index is 0.121. The zero-order valence-electron chi connectivity index (χ0n) is 12.9. The van der Waals surface area contributed by atoms with Crippen LogP contribution in [0.5, 0.6) is 0 Å². The van der Waals surface area contributed by atoms with E-state index >= 15 is 0 Å². The average molecular weight is 315 g/mol. The molecule has 122 valence electrons. The summed E-state index contributed by atoms with van der Waals surface area (Å²) in [6.45, 7) is 0.570. The molecule has 0 amide bonds. The molecular formula is C15H21N7O. The van der Waals surface area contributed by atoms with Crippen molar-refractivity contribution >= 4 is 17.8 Å². The van der Waals surface area contributed by atoms with Crippen LogP contribution >= 0.6 is 0 Å². The highest BCUT2D eigenvalue weighted by atomic mass is 16.5. The van der Waals surface area contributed by atoms with Gasteiger partial charge in [0, 0.05) is 25.0 Å². The summed E-state index contributed by atoms with van der Waals surface area (Å²) in [6.07, 6.45) is 9.45. The van der Waals surface area contributed by atoms with Crippen molar-refractivity contribution in [3.63, 3.8) is 0 Å². The topological polar surface area (TPSA) is 108 Å². The lowest BCUT2D eigenvalue weighted by atomic mass is 9.96. The first-order valence-electron chi connectivity index (χ1n) is 7.89. The Labute approximate surface area is 134 Å². The molecule has 2 aromatic heterocycles. The maximum absolute atomic E-state index is 9.11. The van der Waals surface area contributed by atoms with Crippen molar-refractivity contribution in [1.29, 1.82) is 0 Å². The highest BCUT2D eigenvalue weighted by Gasteiger charge is 2.15. The summed E-state index contributed by atoms with van der Waals surface area (Å²) in [5, 5.41) is 15.6. The molecule has 0 bridgehead atoms. The first-order valence-corrected chi connectivity index (χ1v) is 7.89. The second-order valence-corrected chi connectivity index (χ2v) is 5.61. The fourth-order valence-corrected chi connectivity index (χ4v) is 2.68. The summed E-state index contributed by atoms with van der Waals surface area (Å²) in [6, 6.07) is 4.21. The molecule has 0 unspecified atom stereocenters. The lowest BCUT2D eigenvalue weighted by Gasteiger charge is -2.22. The van der Waals surface area contributed by atoms with Crippen molar-refractivity contribution in [3.05, 3.63) is 30.1 Å². The number of anilines is 3. The van der Waals surface area contributed by atoms with Gasteiger partial charge in [-0.3, -0.25) is 10.2 Å². The highest BCUT2D eigenvalue weighted by molar-refractivity contribution is 5.42. The summed E-state index contributed by atoms with van der Waals surface area (Å²) in [5.74, 6) is 1.00. The number of nitrogens with zero attached hydrogens (tertiary/aromatic N) is 4. The molecule has 1 saturated carbocycles. The van der Waals surface area contributed by atoms with E-state index in [1.807, 2.05) is 17.6 Å². The van der Waals surface area contributed by atoms with Gasteiger partial charge in [-0.25, -0.2) is 5.48 Å². The molecule has 0 spiro atoms. The molecule has 1 aliphatic carbocycles. The first kappa shape index (κ1) is 15.4. The molecule has 4 N–H and O–H groups in total. The molecular weight excluding hydrogens is 294 g/mol. The average Bonchev–Trinajstić information content (AvgIpc) is 2.61. The van der Waals surface area contributed by atoms with Crippen LogP contribution < -0.4 is 16.1 Å². The molecule has 2 aromatic rings. The Bertz CT molecular complexity index is 616. The summed E-state index contributed by atoms with van der Waals surface area (Å²) >= 11 is 0. The quantitative estimate of drug-likeness (QED) is 0.602. The molecule has 0 atom stereocenters. The van der Waals surface area contributed by atoms with Crippen molar-refractivity contribution in [3.8, 4) is 0 Å². The Morgan fingerprint density at radius 3 is 2.39 bits per heavy atom. The Hall–Kier alpha value is -2.48. The molecule has 8 nitrogen and oxygen atoms in total. The minimum atomic E-state index is 0.121. The van der Waals surface area contributed by atoms with Gasteiger partial charge in [0.2, 0.25) is 11.9 Å². The number of pyridine rings is 1. The normalized spacial score (nSPS) is 15.2. The third-order valence-electron chi connectivity index (χ3n) is 3.87. The van der Waals surface area contributed by atoms with Gasteiger partial charge in [0.05, 0.1) is 0 Å². The van der Waals surface area contributed by atoms with E-state index < -0.39 is 0 Å². The summed E-state index contributed by atoms with van der Waals surface area (Å²) in [7, 11) is 0. The van der Waals surface area contributed by atoms with Crippen molar-refractivity contribution in [1.82, 2.24) is 19.9 Å². The van der Waals surface area contributed by atoms with Crippen molar-refractivity contribution in [2.45, 2.75) is 44.7 Å². The molecule has 1 aliphatic rings. The predicted molar refractivity (Wildman–Crippen MR) is 87.3 cm³/mol. The predicted octanol–water partition coefficient (Wildman–Crippen LogP) is 2.42. The van der Waals surface area contributed by atoms with E-state index in [1.54, 1.807) is 12.4 Å². The summed E-state index contributed by atoms with van der Waals surface area (Å²) < 4.78 is 0. The summed E-state index contributed by atoms with van der Waals surface area (Å²) in [4.78, 5) is 16.6.